The average molecular weight is 417 g/mol. The van der Waals surface area contributed by atoms with Crippen LogP contribution in [0.1, 0.15) is 31.7 Å². The minimum Gasteiger partial charge on any atom is -0.381 e. The Labute approximate surface area is 151 Å². The minimum absolute atomic E-state index is 0. The molecular formula is C17H28IN3O. The first-order chi connectivity index (χ1) is 10.4. The van der Waals surface area contributed by atoms with Crippen LogP contribution in [-0.4, -0.2) is 38.3 Å². The van der Waals surface area contributed by atoms with Crippen LogP contribution < -0.4 is 10.6 Å². The molecular weight excluding hydrogens is 389 g/mol. The van der Waals surface area contributed by atoms with Crippen LogP contribution in [0.5, 0.6) is 0 Å². The number of halogens is 1. The molecule has 0 saturated heterocycles. The van der Waals surface area contributed by atoms with Gasteiger partial charge in [0.15, 0.2) is 5.96 Å². The summed E-state index contributed by atoms with van der Waals surface area (Å²) < 4.78 is 5.66. The molecule has 0 amide bonds. The zero-order valence-electron chi connectivity index (χ0n) is 13.4. The highest BCUT2D eigenvalue weighted by Crippen LogP contribution is 2.18. The van der Waals surface area contributed by atoms with Gasteiger partial charge in [0.25, 0.3) is 0 Å². The molecule has 0 atom stereocenters. The van der Waals surface area contributed by atoms with Gasteiger partial charge < -0.3 is 15.4 Å². The van der Waals surface area contributed by atoms with E-state index in [0.29, 0.717) is 6.04 Å². The van der Waals surface area contributed by atoms with Crippen molar-refractivity contribution in [2.75, 3.05) is 26.3 Å². The predicted octanol–water partition coefficient (Wildman–Crippen LogP) is 2.97. The molecule has 2 rings (SSSR count). The molecule has 1 aliphatic rings. The SMILES string of the molecule is CCNC(=NCCCOCCc1ccccc1)NC1CC1.I. The van der Waals surface area contributed by atoms with Crippen molar-refractivity contribution in [2.24, 2.45) is 4.99 Å². The molecule has 0 heterocycles. The summed E-state index contributed by atoms with van der Waals surface area (Å²) in [4.78, 5) is 4.56. The smallest absolute Gasteiger partial charge is 0.191 e. The van der Waals surface area contributed by atoms with Crippen LogP contribution in [0.25, 0.3) is 0 Å². The Morgan fingerprint density at radius 3 is 2.68 bits per heavy atom. The molecule has 0 bridgehead atoms. The maximum Gasteiger partial charge on any atom is 0.191 e. The minimum atomic E-state index is 0. The highest BCUT2D eigenvalue weighted by atomic mass is 127. The van der Waals surface area contributed by atoms with Crippen molar-refractivity contribution in [1.29, 1.82) is 0 Å². The number of hydrogen-bond acceptors (Lipinski definition) is 2. The second-order valence-corrected chi connectivity index (χ2v) is 5.38. The molecule has 2 N–H and O–H groups in total. The van der Waals surface area contributed by atoms with Crippen LogP contribution in [0.15, 0.2) is 35.3 Å². The zero-order chi connectivity index (χ0) is 14.8. The van der Waals surface area contributed by atoms with Gasteiger partial charge in [0, 0.05) is 25.7 Å². The summed E-state index contributed by atoms with van der Waals surface area (Å²) in [5.74, 6) is 0.948. The third kappa shape index (κ3) is 8.58. The highest BCUT2D eigenvalue weighted by molar-refractivity contribution is 14.0. The first-order valence-electron chi connectivity index (χ1n) is 8.05. The quantitative estimate of drug-likeness (QED) is 0.281. The third-order valence-corrected chi connectivity index (χ3v) is 3.36. The molecule has 4 nitrogen and oxygen atoms in total. The lowest BCUT2D eigenvalue weighted by Crippen LogP contribution is -2.38. The fourth-order valence-corrected chi connectivity index (χ4v) is 2.04. The molecule has 0 unspecified atom stereocenters. The van der Waals surface area contributed by atoms with Gasteiger partial charge in [0.1, 0.15) is 0 Å². The average Bonchev–Trinajstić information content (AvgIpc) is 3.31. The molecule has 1 aliphatic carbocycles. The van der Waals surface area contributed by atoms with Gasteiger partial charge in [-0.15, -0.1) is 24.0 Å². The monoisotopic (exact) mass is 417 g/mol. The van der Waals surface area contributed by atoms with E-state index in [1.54, 1.807) is 0 Å². The zero-order valence-corrected chi connectivity index (χ0v) is 15.7. The molecule has 1 fully saturated rings. The van der Waals surface area contributed by atoms with Gasteiger partial charge in [-0.2, -0.15) is 0 Å². The molecule has 0 aromatic heterocycles. The van der Waals surface area contributed by atoms with E-state index < -0.39 is 0 Å². The van der Waals surface area contributed by atoms with Crippen LogP contribution >= 0.6 is 24.0 Å². The van der Waals surface area contributed by atoms with Crippen LogP contribution in [-0.2, 0) is 11.2 Å². The lowest BCUT2D eigenvalue weighted by Gasteiger charge is -2.10. The normalized spacial score (nSPS) is 14.3. The fourth-order valence-electron chi connectivity index (χ4n) is 2.04. The Kier molecular flexibility index (Phi) is 10.2. The number of guanidine groups is 1. The van der Waals surface area contributed by atoms with E-state index in [1.165, 1.54) is 18.4 Å². The van der Waals surface area contributed by atoms with Crippen molar-refractivity contribution in [1.82, 2.24) is 10.6 Å². The Bertz CT molecular complexity index is 421. The van der Waals surface area contributed by atoms with E-state index in [9.17, 15) is 0 Å². The summed E-state index contributed by atoms with van der Waals surface area (Å²) in [6.07, 6.45) is 4.49. The van der Waals surface area contributed by atoms with Crippen LogP contribution in [0.3, 0.4) is 0 Å². The number of aliphatic imine (C=N–C) groups is 1. The summed E-state index contributed by atoms with van der Waals surface area (Å²) in [5.41, 5.74) is 1.33. The van der Waals surface area contributed by atoms with Crippen molar-refractivity contribution < 1.29 is 4.74 Å². The Morgan fingerprint density at radius 2 is 2.00 bits per heavy atom. The van der Waals surface area contributed by atoms with E-state index in [0.717, 1.165) is 45.1 Å². The molecule has 1 aromatic rings. The Hall–Kier alpha value is -0.820. The Balaban J connectivity index is 0.00000242. The Morgan fingerprint density at radius 1 is 1.23 bits per heavy atom. The lowest BCUT2D eigenvalue weighted by molar-refractivity contribution is 0.136. The van der Waals surface area contributed by atoms with Gasteiger partial charge >= 0.3 is 0 Å². The number of rotatable bonds is 9. The fraction of sp³-hybridized carbons (Fsp3) is 0.588. The van der Waals surface area contributed by atoms with Crippen molar-refractivity contribution in [2.45, 2.75) is 38.6 Å². The summed E-state index contributed by atoms with van der Waals surface area (Å²) in [6, 6.07) is 11.1. The van der Waals surface area contributed by atoms with Gasteiger partial charge in [0.2, 0.25) is 0 Å². The second-order valence-electron chi connectivity index (χ2n) is 5.38. The van der Waals surface area contributed by atoms with Crippen molar-refractivity contribution >= 4 is 29.9 Å². The topological polar surface area (TPSA) is 45.7 Å². The summed E-state index contributed by atoms with van der Waals surface area (Å²) >= 11 is 0. The van der Waals surface area contributed by atoms with Crippen molar-refractivity contribution in [3.8, 4) is 0 Å². The summed E-state index contributed by atoms with van der Waals surface area (Å²) in [7, 11) is 0. The number of ether oxygens (including phenoxy) is 1. The predicted molar refractivity (Wildman–Crippen MR) is 103 cm³/mol. The van der Waals surface area contributed by atoms with Crippen molar-refractivity contribution in [3.05, 3.63) is 35.9 Å². The first-order valence-corrected chi connectivity index (χ1v) is 8.05. The third-order valence-electron chi connectivity index (χ3n) is 3.36. The van der Waals surface area contributed by atoms with Gasteiger partial charge in [0.05, 0.1) is 6.61 Å². The largest absolute Gasteiger partial charge is 0.381 e. The number of nitrogens with zero attached hydrogens (tertiary/aromatic N) is 1. The standard InChI is InChI=1S/C17H27N3O.HI/c1-2-18-17(20-16-9-10-16)19-12-6-13-21-14-11-15-7-4-3-5-8-15;/h3-5,7-8,16H,2,6,9-14H2,1H3,(H2,18,19,20);1H. The molecule has 0 spiro atoms. The number of nitrogens with one attached hydrogen (secondary N) is 2. The van der Waals surface area contributed by atoms with Gasteiger partial charge in [-0.05, 0) is 38.2 Å². The number of benzene rings is 1. The van der Waals surface area contributed by atoms with E-state index in [2.05, 4.69) is 46.8 Å². The van der Waals surface area contributed by atoms with Crippen LogP contribution in [0.2, 0.25) is 0 Å². The van der Waals surface area contributed by atoms with E-state index in [1.807, 2.05) is 6.07 Å². The van der Waals surface area contributed by atoms with E-state index in [4.69, 9.17) is 4.74 Å². The molecule has 0 radical (unpaired) electrons. The molecule has 5 heteroatoms. The van der Waals surface area contributed by atoms with Gasteiger partial charge in [-0.1, -0.05) is 30.3 Å². The molecule has 124 valence electrons. The maximum absolute atomic E-state index is 5.66. The summed E-state index contributed by atoms with van der Waals surface area (Å²) in [5, 5.41) is 6.69. The lowest BCUT2D eigenvalue weighted by atomic mass is 10.2. The van der Waals surface area contributed by atoms with Gasteiger partial charge in [-0.3, -0.25) is 4.99 Å². The number of hydrogen-bond donors (Lipinski definition) is 2. The van der Waals surface area contributed by atoms with Gasteiger partial charge in [-0.25, -0.2) is 0 Å². The van der Waals surface area contributed by atoms with E-state index >= 15 is 0 Å². The molecule has 0 aliphatic heterocycles. The molecule has 1 aromatic carbocycles. The summed E-state index contributed by atoms with van der Waals surface area (Å²) in [6.45, 7) is 5.38. The second kappa shape index (κ2) is 11.7. The first kappa shape index (κ1) is 19.2. The highest BCUT2D eigenvalue weighted by Gasteiger charge is 2.21. The van der Waals surface area contributed by atoms with E-state index in [-0.39, 0.29) is 24.0 Å². The maximum atomic E-state index is 5.66. The van der Waals surface area contributed by atoms with Crippen LogP contribution in [0, 0.1) is 0 Å². The van der Waals surface area contributed by atoms with Crippen molar-refractivity contribution in [3.63, 3.8) is 0 Å². The van der Waals surface area contributed by atoms with Crippen LogP contribution in [0.4, 0.5) is 0 Å². The molecule has 1 saturated carbocycles. The molecule has 22 heavy (non-hydrogen) atoms.